The predicted octanol–water partition coefficient (Wildman–Crippen LogP) is 1.96. The molecule has 0 aliphatic carbocycles. The molecule has 1 amide bonds. The molecule has 76 valence electrons. The van der Waals surface area contributed by atoms with Crippen molar-refractivity contribution in [1.82, 2.24) is 4.31 Å². The molecule has 0 aliphatic rings. The first-order valence-electron chi connectivity index (χ1n) is 4.29. The van der Waals surface area contributed by atoms with Gasteiger partial charge in [-0.3, -0.25) is 0 Å². The van der Waals surface area contributed by atoms with Gasteiger partial charge in [0.05, 0.1) is 0 Å². The number of hydrogen-bond acceptors (Lipinski definition) is 3. The zero-order chi connectivity index (χ0) is 10.3. The van der Waals surface area contributed by atoms with Gasteiger partial charge >= 0.3 is 6.09 Å². The van der Waals surface area contributed by atoms with Gasteiger partial charge in [0.25, 0.3) is 0 Å². The normalized spacial score (nSPS) is 12.2. The summed E-state index contributed by atoms with van der Waals surface area (Å²) in [6.07, 6.45) is 2.89. The maximum atomic E-state index is 10.5. The molecule has 0 aromatic carbocycles. The average Bonchev–Trinajstić information content (AvgIpc) is 2.11. The van der Waals surface area contributed by atoms with E-state index in [4.69, 9.17) is 5.11 Å². The first kappa shape index (κ1) is 12.3. The Kier molecular flexibility index (Phi) is 6.40. The van der Waals surface area contributed by atoms with E-state index in [9.17, 15) is 9.59 Å². The lowest BCUT2D eigenvalue weighted by Crippen LogP contribution is -2.32. The number of carbonyl (C=O) groups is 2. The molecule has 5 heteroatoms. The van der Waals surface area contributed by atoms with Crippen molar-refractivity contribution < 1.29 is 14.7 Å². The minimum absolute atomic E-state index is 0.549. The Hall–Kier alpha value is -0.710. The van der Waals surface area contributed by atoms with E-state index in [0.29, 0.717) is 12.7 Å². The quantitative estimate of drug-likeness (QED) is 0.396. The first-order chi connectivity index (χ1) is 6.13. The predicted molar refractivity (Wildman–Crippen MR) is 52.8 cm³/mol. The second-order valence-electron chi connectivity index (χ2n) is 2.83. The van der Waals surface area contributed by atoms with E-state index < -0.39 is 12.1 Å². The highest BCUT2D eigenvalue weighted by Crippen LogP contribution is 2.10. The van der Waals surface area contributed by atoms with Crippen molar-refractivity contribution >= 4 is 25.2 Å². The Morgan fingerprint density at radius 3 is 2.62 bits per heavy atom. The lowest BCUT2D eigenvalue weighted by Gasteiger charge is -2.18. The van der Waals surface area contributed by atoms with Crippen LogP contribution in [-0.4, -0.2) is 27.8 Å². The number of nitrogens with zero attached hydrogens (tertiary/aromatic N) is 1. The fourth-order valence-electron chi connectivity index (χ4n) is 0.993. The fourth-order valence-corrected chi connectivity index (χ4v) is 1.16. The van der Waals surface area contributed by atoms with Crippen molar-refractivity contribution in [1.29, 1.82) is 0 Å². The molecule has 13 heavy (non-hydrogen) atoms. The van der Waals surface area contributed by atoms with E-state index in [2.05, 4.69) is 12.8 Å². The molecule has 0 heterocycles. The van der Waals surface area contributed by atoms with Crippen LogP contribution in [0.4, 0.5) is 4.79 Å². The highest BCUT2D eigenvalue weighted by Gasteiger charge is 2.18. The van der Waals surface area contributed by atoms with Gasteiger partial charge in [-0.05, 0) is 6.42 Å². The number of thiol groups is 1. The largest absolute Gasteiger partial charge is 0.464 e. The molecular weight excluding hydrogens is 190 g/mol. The second kappa shape index (κ2) is 6.77. The molecule has 0 spiro atoms. The third-order valence-corrected chi connectivity index (χ3v) is 2.24. The van der Waals surface area contributed by atoms with Crippen molar-refractivity contribution in [3.8, 4) is 0 Å². The molecular formula is C8H15NO3S. The number of amides is 1. The maximum absolute atomic E-state index is 10.5. The van der Waals surface area contributed by atoms with Gasteiger partial charge in [0.1, 0.15) is 12.3 Å². The van der Waals surface area contributed by atoms with E-state index in [0.717, 1.165) is 23.6 Å². The van der Waals surface area contributed by atoms with Crippen molar-refractivity contribution in [3.05, 3.63) is 0 Å². The molecule has 0 rings (SSSR count). The van der Waals surface area contributed by atoms with E-state index in [1.807, 2.05) is 6.92 Å². The van der Waals surface area contributed by atoms with Gasteiger partial charge in [-0.15, -0.1) is 0 Å². The number of carbonyl (C=O) groups excluding carboxylic acids is 1. The molecule has 1 N–H and O–H groups in total. The zero-order valence-corrected chi connectivity index (χ0v) is 8.54. The zero-order valence-electron chi connectivity index (χ0n) is 7.64. The number of hydrogen-bond donors (Lipinski definition) is 2. The van der Waals surface area contributed by atoms with Gasteiger partial charge < -0.3 is 9.90 Å². The molecule has 0 saturated carbocycles. The number of unbranched alkanes of at least 4 members (excludes halogenated alkanes) is 2. The summed E-state index contributed by atoms with van der Waals surface area (Å²) in [7, 11) is 0. The Labute approximate surface area is 83.5 Å². The van der Waals surface area contributed by atoms with Crippen LogP contribution in [0.15, 0.2) is 0 Å². The van der Waals surface area contributed by atoms with Crippen LogP contribution in [0, 0.1) is 0 Å². The molecule has 0 aromatic heterocycles. The number of rotatable bonds is 6. The fraction of sp³-hybridized carbons (Fsp3) is 0.750. The molecule has 0 aliphatic heterocycles. The summed E-state index contributed by atoms with van der Waals surface area (Å²) in [4.78, 5) is 20.9. The van der Waals surface area contributed by atoms with Crippen molar-refractivity contribution in [2.75, 3.05) is 0 Å². The van der Waals surface area contributed by atoms with E-state index >= 15 is 0 Å². The third-order valence-electron chi connectivity index (χ3n) is 1.77. The summed E-state index contributed by atoms with van der Waals surface area (Å²) in [6, 6.07) is -0.618. The van der Waals surface area contributed by atoms with Crippen LogP contribution in [0.1, 0.15) is 32.6 Å². The lowest BCUT2D eigenvalue weighted by atomic mass is 10.1. The third kappa shape index (κ3) is 4.77. The SMILES string of the molecule is CCCCCC(C=O)N(S)C(=O)O. The Morgan fingerprint density at radius 2 is 2.23 bits per heavy atom. The van der Waals surface area contributed by atoms with Gasteiger partial charge in [-0.25, -0.2) is 9.10 Å². The Balaban J connectivity index is 3.87. The van der Waals surface area contributed by atoms with Crippen LogP contribution in [0.25, 0.3) is 0 Å². The van der Waals surface area contributed by atoms with E-state index in [1.54, 1.807) is 0 Å². The van der Waals surface area contributed by atoms with Crippen LogP contribution in [0.3, 0.4) is 0 Å². The summed E-state index contributed by atoms with van der Waals surface area (Å²) in [6.45, 7) is 2.05. The molecule has 0 fully saturated rings. The molecule has 0 bridgehead atoms. The summed E-state index contributed by atoms with van der Waals surface area (Å²) in [5.74, 6) is 0. The smallest absolute Gasteiger partial charge is 0.417 e. The molecule has 0 radical (unpaired) electrons. The van der Waals surface area contributed by atoms with Crippen LogP contribution in [0.2, 0.25) is 0 Å². The molecule has 4 nitrogen and oxygen atoms in total. The second-order valence-corrected chi connectivity index (χ2v) is 3.26. The van der Waals surface area contributed by atoms with Crippen molar-refractivity contribution in [2.45, 2.75) is 38.6 Å². The topological polar surface area (TPSA) is 57.6 Å². The highest BCUT2D eigenvalue weighted by molar-refractivity contribution is 7.78. The summed E-state index contributed by atoms with van der Waals surface area (Å²) >= 11 is 3.70. The molecule has 1 atom stereocenters. The van der Waals surface area contributed by atoms with Crippen LogP contribution in [-0.2, 0) is 4.79 Å². The molecule has 0 aromatic rings. The van der Waals surface area contributed by atoms with Crippen molar-refractivity contribution in [3.63, 3.8) is 0 Å². The van der Waals surface area contributed by atoms with E-state index in [-0.39, 0.29) is 0 Å². The van der Waals surface area contributed by atoms with Gasteiger partial charge in [-0.1, -0.05) is 39.0 Å². The van der Waals surface area contributed by atoms with Gasteiger partial charge in [0.15, 0.2) is 0 Å². The molecule has 0 saturated heterocycles. The van der Waals surface area contributed by atoms with Gasteiger partial charge in [0, 0.05) is 0 Å². The monoisotopic (exact) mass is 205 g/mol. The Bertz CT molecular complexity index is 175. The minimum atomic E-state index is -1.18. The van der Waals surface area contributed by atoms with E-state index in [1.165, 1.54) is 0 Å². The highest BCUT2D eigenvalue weighted by atomic mass is 32.1. The summed E-state index contributed by atoms with van der Waals surface area (Å²) < 4.78 is 0.753. The van der Waals surface area contributed by atoms with Crippen molar-refractivity contribution in [2.24, 2.45) is 0 Å². The molecule has 1 unspecified atom stereocenters. The number of carboxylic acid groups (broad SMARTS) is 1. The minimum Gasteiger partial charge on any atom is -0.464 e. The standard InChI is InChI=1S/C8H15NO3S/c1-2-3-4-5-7(6-10)9(13)8(11)12/h6-7,13H,2-5H2,1H3,(H,11,12). The lowest BCUT2D eigenvalue weighted by molar-refractivity contribution is -0.110. The summed E-state index contributed by atoms with van der Waals surface area (Å²) in [5.41, 5.74) is 0. The van der Waals surface area contributed by atoms with Crippen LogP contribution < -0.4 is 0 Å². The number of aldehydes is 1. The van der Waals surface area contributed by atoms with Gasteiger partial charge in [-0.2, -0.15) is 0 Å². The first-order valence-corrected chi connectivity index (χ1v) is 4.69. The van der Waals surface area contributed by atoms with Crippen LogP contribution >= 0.6 is 12.8 Å². The van der Waals surface area contributed by atoms with Crippen LogP contribution in [0.5, 0.6) is 0 Å². The van der Waals surface area contributed by atoms with Gasteiger partial charge in [0.2, 0.25) is 0 Å². The average molecular weight is 205 g/mol. The Morgan fingerprint density at radius 1 is 1.62 bits per heavy atom. The maximum Gasteiger partial charge on any atom is 0.417 e. The summed E-state index contributed by atoms with van der Waals surface area (Å²) in [5, 5.41) is 8.53.